The van der Waals surface area contributed by atoms with E-state index in [1.54, 1.807) is 15.5 Å². The Bertz CT molecular complexity index is 1610. The summed E-state index contributed by atoms with van der Waals surface area (Å²) < 4.78 is 43.9. The van der Waals surface area contributed by atoms with Gasteiger partial charge in [-0.3, -0.25) is 0 Å². The fourth-order valence-corrected chi connectivity index (χ4v) is 5.15. The summed E-state index contributed by atoms with van der Waals surface area (Å²) in [6, 6.07) is 8.46. The number of aromatic nitrogens is 4. The number of benzene rings is 1. The first-order valence-electron chi connectivity index (χ1n) is 12.7. The van der Waals surface area contributed by atoms with E-state index in [1.807, 2.05) is 25.3 Å². The molecular weight excluding hydrogens is 506 g/mol. The second kappa shape index (κ2) is 9.47. The molecule has 3 aromatic heterocycles. The van der Waals surface area contributed by atoms with Crippen LogP contribution in [0.4, 0.5) is 13.6 Å². The molecule has 39 heavy (non-hydrogen) atoms. The first-order valence-corrected chi connectivity index (χ1v) is 12.7. The predicted octanol–water partition coefficient (Wildman–Crippen LogP) is 4.54. The van der Waals surface area contributed by atoms with Crippen molar-refractivity contribution in [1.82, 2.24) is 24.3 Å². The number of halogens is 2. The van der Waals surface area contributed by atoms with Gasteiger partial charge >= 0.3 is 6.09 Å². The number of H-pyrrole nitrogens is 1. The molecule has 9 nitrogen and oxygen atoms in total. The van der Waals surface area contributed by atoms with Gasteiger partial charge in [0.25, 0.3) is 0 Å². The lowest BCUT2D eigenvalue weighted by Crippen LogP contribution is -2.46. The number of nitrogens with zero attached hydrogens (tertiary/aromatic N) is 5. The van der Waals surface area contributed by atoms with Gasteiger partial charge in [-0.1, -0.05) is 0 Å². The fraction of sp³-hybridized carbons (Fsp3) is 0.357. The number of ether oxygens (including phenoxy) is 2. The summed E-state index contributed by atoms with van der Waals surface area (Å²) in [5.74, 6) is -1.28. The third-order valence-corrected chi connectivity index (χ3v) is 7.46. The molecular formula is C28H26F2N6O3. The lowest BCUT2D eigenvalue weighted by molar-refractivity contribution is -0.0241. The van der Waals surface area contributed by atoms with Gasteiger partial charge in [-0.15, -0.1) is 0 Å². The number of carbonyl (C=O) groups is 1. The van der Waals surface area contributed by atoms with E-state index >= 15 is 8.78 Å². The van der Waals surface area contributed by atoms with E-state index in [1.165, 1.54) is 19.2 Å². The van der Waals surface area contributed by atoms with Crippen LogP contribution in [0, 0.1) is 29.9 Å². The van der Waals surface area contributed by atoms with E-state index in [-0.39, 0.29) is 29.8 Å². The Labute approximate surface area is 223 Å². The molecule has 6 rings (SSSR count). The van der Waals surface area contributed by atoms with Crippen molar-refractivity contribution in [3.05, 3.63) is 65.2 Å². The van der Waals surface area contributed by atoms with Crippen LogP contribution in [0.15, 0.2) is 36.7 Å². The van der Waals surface area contributed by atoms with Crippen LogP contribution in [0.1, 0.15) is 29.8 Å². The maximum Gasteiger partial charge on any atom is 0.409 e. The Morgan fingerprint density at radius 2 is 2.05 bits per heavy atom. The van der Waals surface area contributed by atoms with Crippen molar-refractivity contribution < 1.29 is 23.0 Å². The number of hydrogen-bond acceptors (Lipinski definition) is 6. The number of aromatic amines is 1. The third-order valence-electron chi connectivity index (χ3n) is 7.46. The van der Waals surface area contributed by atoms with Crippen LogP contribution in [0.2, 0.25) is 0 Å². The molecule has 0 unspecified atom stereocenters. The van der Waals surface area contributed by atoms with Crippen LogP contribution >= 0.6 is 0 Å². The van der Waals surface area contributed by atoms with E-state index in [0.717, 1.165) is 5.56 Å². The van der Waals surface area contributed by atoms with Crippen molar-refractivity contribution in [3.63, 3.8) is 0 Å². The van der Waals surface area contributed by atoms with Gasteiger partial charge in [0.05, 0.1) is 55.1 Å². The number of imidazole rings is 2. The van der Waals surface area contributed by atoms with Crippen LogP contribution in [0.5, 0.6) is 0 Å². The molecule has 1 aromatic carbocycles. The molecule has 1 aliphatic carbocycles. The van der Waals surface area contributed by atoms with Gasteiger partial charge < -0.3 is 23.8 Å². The Hall–Kier alpha value is -4.30. The van der Waals surface area contributed by atoms with Gasteiger partial charge in [0.15, 0.2) is 0 Å². The molecule has 0 bridgehead atoms. The highest BCUT2D eigenvalue weighted by molar-refractivity contribution is 5.72. The second-order valence-corrected chi connectivity index (χ2v) is 10.1. The smallest absolute Gasteiger partial charge is 0.409 e. The number of pyridine rings is 1. The lowest BCUT2D eigenvalue weighted by atomic mass is 10.0. The molecule has 11 heteroatoms. The number of carbonyl (C=O) groups excluding carboxylic acids is 1. The Kier molecular flexibility index (Phi) is 6.07. The average Bonchev–Trinajstić information content (AvgIpc) is 3.43. The number of nitrogens with one attached hydrogen (secondary N) is 1. The molecule has 0 spiro atoms. The Balaban J connectivity index is 1.39. The summed E-state index contributed by atoms with van der Waals surface area (Å²) >= 11 is 0. The summed E-state index contributed by atoms with van der Waals surface area (Å²) in [7, 11) is 1.32. The van der Waals surface area contributed by atoms with E-state index in [0.29, 0.717) is 48.9 Å². The zero-order valence-electron chi connectivity index (χ0n) is 21.5. The topological polar surface area (TPSA) is 109 Å². The van der Waals surface area contributed by atoms with Gasteiger partial charge in [0.2, 0.25) is 0 Å². The second-order valence-electron chi connectivity index (χ2n) is 10.1. The standard InChI is InChI=1S/C28H26F2N6O3/c1-16-3-6-36-21(12-18-14-35(7-8-39-18)27(37)38-2)25(34-23(36)9-16)24-19(29)10-17(11-20(24)30)26-32-13-22(33-26)28(15-31)4-5-28/h3,6,9-11,13,18H,4-5,7-8,12,14H2,1-2H3,(H,32,33)/t18-/m0/s1. The molecule has 0 radical (unpaired) electrons. The van der Waals surface area contributed by atoms with Crippen molar-refractivity contribution >= 4 is 11.7 Å². The first-order chi connectivity index (χ1) is 18.8. The van der Waals surface area contributed by atoms with Crippen LogP contribution < -0.4 is 0 Å². The number of fused-ring (bicyclic) bond motifs is 1. The van der Waals surface area contributed by atoms with Crippen molar-refractivity contribution in [2.45, 2.75) is 37.7 Å². The quantitative estimate of drug-likeness (QED) is 0.404. The summed E-state index contributed by atoms with van der Waals surface area (Å²) in [6.45, 7) is 2.91. The molecule has 1 atom stereocenters. The molecule has 1 amide bonds. The van der Waals surface area contributed by atoms with Crippen LogP contribution in [-0.2, 0) is 21.3 Å². The number of methoxy groups -OCH3 is 1. The summed E-state index contributed by atoms with van der Waals surface area (Å²) in [4.78, 5) is 25.6. The zero-order chi connectivity index (χ0) is 27.3. The van der Waals surface area contributed by atoms with Crippen LogP contribution in [0.25, 0.3) is 28.3 Å². The SMILES string of the molecule is COC(=O)N1CCO[C@@H](Cc2c(-c3c(F)cc(-c4nc(C5(C#N)CC5)c[nH]4)cc3F)nc3cc(C)ccn23)C1. The third kappa shape index (κ3) is 4.40. The largest absolute Gasteiger partial charge is 0.453 e. The molecule has 4 heterocycles. The zero-order valence-corrected chi connectivity index (χ0v) is 21.5. The predicted molar refractivity (Wildman–Crippen MR) is 137 cm³/mol. The number of aryl methyl sites for hydroxylation is 1. The minimum Gasteiger partial charge on any atom is -0.453 e. The summed E-state index contributed by atoms with van der Waals surface area (Å²) in [6.07, 6.45) is 4.27. The maximum absolute atomic E-state index is 15.7. The Morgan fingerprint density at radius 1 is 1.28 bits per heavy atom. The minimum absolute atomic E-state index is 0.169. The fourth-order valence-electron chi connectivity index (χ4n) is 5.15. The summed E-state index contributed by atoms with van der Waals surface area (Å²) in [5.41, 5.74) is 2.19. The number of rotatable bonds is 5. The maximum atomic E-state index is 15.7. The van der Waals surface area contributed by atoms with E-state index in [9.17, 15) is 10.1 Å². The number of nitriles is 1. The highest BCUT2D eigenvalue weighted by atomic mass is 19.1. The first kappa shape index (κ1) is 25.0. The molecule has 1 N–H and O–H groups in total. The van der Waals surface area contributed by atoms with Gasteiger partial charge in [0.1, 0.15) is 28.5 Å². The minimum atomic E-state index is -0.786. The van der Waals surface area contributed by atoms with Crippen LogP contribution in [-0.4, -0.2) is 63.3 Å². The van der Waals surface area contributed by atoms with Crippen molar-refractivity contribution in [2.24, 2.45) is 0 Å². The summed E-state index contributed by atoms with van der Waals surface area (Å²) in [5, 5.41) is 9.45. The number of morpholine rings is 1. The Morgan fingerprint density at radius 3 is 2.74 bits per heavy atom. The normalized spacial score (nSPS) is 18.2. The van der Waals surface area contributed by atoms with Crippen LogP contribution in [0.3, 0.4) is 0 Å². The van der Waals surface area contributed by atoms with Gasteiger partial charge in [-0.25, -0.2) is 23.5 Å². The van der Waals surface area contributed by atoms with Gasteiger partial charge in [0, 0.05) is 30.9 Å². The van der Waals surface area contributed by atoms with Crippen molar-refractivity contribution in [2.75, 3.05) is 26.8 Å². The van der Waals surface area contributed by atoms with Crippen molar-refractivity contribution in [3.8, 4) is 28.7 Å². The molecule has 200 valence electrons. The molecule has 2 fully saturated rings. The lowest BCUT2D eigenvalue weighted by Gasteiger charge is -2.32. The van der Waals surface area contributed by atoms with E-state index in [2.05, 4.69) is 21.0 Å². The monoisotopic (exact) mass is 532 g/mol. The van der Waals surface area contributed by atoms with Gasteiger partial charge in [-0.2, -0.15) is 5.26 Å². The molecule has 1 saturated carbocycles. The molecule has 1 aliphatic heterocycles. The highest BCUT2D eigenvalue weighted by Crippen LogP contribution is 2.47. The number of amides is 1. The molecule has 4 aromatic rings. The number of hydrogen-bond donors (Lipinski definition) is 1. The van der Waals surface area contributed by atoms with Gasteiger partial charge in [-0.05, 0) is 49.6 Å². The molecule has 2 aliphatic rings. The average molecular weight is 533 g/mol. The molecule has 1 saturated heterocycles. The van der Waals surface area contributed by atoms with Crippen molar-refractivity contribution in [1.29, 1.82) is 5.26 Å². The highest BCUT2D eigenvalue weighted by Gasteiger charge is 2.47. The van der Waals surface area contributed by atoms with E-state index < -0.39 is 29.2 Å². The van der Waals surface area contributed by atoms with E-state index in [4.69, 9.17) is 9.47 Å².